The summed E-state index contributed by atoms with van der Waals surface area (Å²) in [6.45, 7) is 5.76. The molecule has 0 aliphatic carbocycles. The molecule has 0 spiro atoms. The molecule has 1 fully saturated rings. The standard InChI is InChI=1S/C20H27N5O2/c1-3-6-19(26)22-16-8-4-9-17(14(16)2)23-20(27)18-10-12-25(24-18)15-7-5-11-21-13-15/h4,8-10,12,15,21H,3,5-7,11,13H2,1-2H3,(H,22,26)(H,23,27). The van der Waals surface area contributed by atoms with Crippen LogP contribution in [-0.4, -0.2) is 34.7 Å². The van der Waals surface area contributed by atoms with E-state index in [1.165, 1.54) is 0 Å². The Morgan fingerprint density at radius 2 is 2.04 bits per heavy atom. The molecule has 0 radical (unpaired) electrons. The van der Waals surface area contributed by atoms with Crippen molar-refractivity contribution in [2.75, 3.05) is 23.7 Å². The number of benzene rings is 1. The lowest BCUT2D eigenvalue weighted by Crippen LogP contribution is -2.32. The summed E-state index contributed by atoms with van der Waals surface area (Å²) in [5.74, 6) is -0.276. The van der Waals surface area contributed by atoms with Gasteiger partial charge in [-0.2, -0.15) is 5.10 Å². The van der Waals surface area contributed by atoms with Gasteiger partial charge >= 0.3 is 0 Å². The minimum atomic E-state index is -0.252. The van der Waals surface area contributed by atoms with Crippen LogP contribution >= 0.6 is 0 Å². The molecular weight excluding hydrogens is 342 g/mol. The van der Waals surface area contributed by atoms with Gasteiger partial charge in [0.05, 0.1) is 6.04 Å². The molecule has 7 nitrogen and oxygen atoms in total. The van der Waals surface area contributed by atoms with E-state index in [1.807, 2.05) is 42.9 Å². The molecule has 7 heteroatoms. The summed E-state index contributed by atoms with van der Waals surface area (Å²) in [6.07, 6.45) is 5.31. The van der Waals surface area contributed by atoms with Crippen molar-refractivity contribution in [3.8, 4) is 0 Å². The third-order valence-electron chi connectivity index (χ3n) is 4.82. The molecule has 2 heterocycles. The fraction of sp³-hybridized carbons (Fsp3) is 0.450. The second-order valence-electron chi connectivity index (χ2n) is 6.91. The molecule has 144 valence electrons. The Balaban J connectivity index is 1.69. The molecule has 0 saturated carbocycles. The van der Waals surface area contributed by atoms with Crippen LogP contribution in [0.1, 0.15) is 54.7 Å². The van der Waals surface area contributed by atoms with Crippen LogP contribution in [0.5, 0.6) is 0 Å². The van der Waals surface area contributed by atoms with E-state index in [9.17, 15) is 9.59 Å². The summed E-state index contributed by atoms with van der Waals surface area (Å²) in [7, 11) is 0. The Hall–Kier alpha value is -2.67. The molecule has 1 aromatic heterocycles. The molecule has 1 aromatic carbocycles. The van der Waals surface area contributed by atoms with E-state index < -0.39 is 0 Å². The summed E-state index contributed by atoms with van der Waals surface area (Å²) in [5.41, 5.74) is 2.60. The highest BCUT2D eigenvalue weighted by atomic mass is 16.2. The van der Waals surface area contributed by atoms with E-state index in [2.05, 4.69) is 21.0 Å². The Bertz CT molecular complexity index is 808. The monoisotopic (exact) mass is 369 g/mol. The van der Waals surface area contributed by atoms with E-state index in [4.69, 9.17) is 0 Å². The maximum absolute atomic E-state index is 12.6. The maximum atomic E-state index is 12.6. The van der Waals surface area contributed by atoms with Gasteiger partial charge in [0.2, 0.25) is 5.91 Å². The smallest absolute Gasteiger partial charge is 0.276 e. The average molecular weight is 369 g/mol. The molecule has 27 heavy (non-hydrogen) atoms. The summed E-state index contributed by atoms with van der Waals surface area (Å²) in [5, 5.41) is 13.6. The number of carbonyl (C=O) groups is 2. The largest absolute Gasteiger partial charge is 0.326 e. The highest BCUT2D eigenvalue weighted by Gasteiger charge is 2.18. The molecule has 1 aliphatic rings. The second-order valence-corrected chi connectivity index (χ2v) is 6.91. The zero-order valence-electron chi connectivity index (χ0n) is 15.9. The number of rotatable bonds is 6. The number of amides is 2. The van der Waals surface area contributed by atoms with Crippen molar-refractivity contribution in [2.24, 2.45) is 0 Å². The van der Waals surface area contributed by atoms with Crippen LogP contribution in [0.2, 0.25) is 0 Å². The minimum absolute atomic E-state index is 0.0242. The van der Waals surface area contributed by atoms with Gasteiger partial charge in [0.25, 0.3) is 5.91 Å². The Labute approximate surface area is 159 Å². The van der Waals surface area contributed by atoms with Crippen LogP contribution in [0, 0.1) is 6.92 Å². The summed E-state index contributed by atoms with van der Waals surface area (Å²) in [4.78, 5) is 24.5. The van der Waals surface area contributed by atoms with E-state index in [1.54, 1.807) is 6.07 Å². The van der Waals surface area contributed by atoms with Crippen LogP contribution < -0.4 is 16.0 Å². The van der Waals surface area contributed by atoms with E-state index in [0.29, 0.717) is 29.5 Å². The number of nitrogens with one attached hydrogen (secondary N) is 3. The lowest BCUT2D eigenvalue weighted by molar-refractivity contribution is -0.116. The number of piperidine rings is 1. The highest BCUT2D eigenvalue weighted by Crippen LogP contribution is 2.24. The van der Waals surface area contributed by atoms with Gasteiger partial charge in [-0.3, -0.25) is 14.3 Å². The molecule has 0 bridgehead atoms. The van der Waals surface area contributed by atoms with Crippen molar-refractivity contribution in [3.63, 3.8) is 0 Å². The van der Waals surface area contributed by atoms with E-state index in [-0.39, 0.29) is 11.8 Å². The topological polar surface area (TPSA) is 88.0 Å². The van der Waals surface area contributed by atoms with Crippen LogP contribution in [0.15, 0.2) is 30.5 Å². The van der Waals surface area contributed by atoms with Crippen LogP contribution in [0.4, 0.5) is 11.4 Å². The van der Waals surface area contributed by atoms with Crippen molar-refractivity contribution < 1.29 is 9.59 Å². The van der Waals surface area contributed by atoms with Crippen molar-refractivity contribution in [1.82, 2.24) is 15.1 Å². The molecule has 3 N–H and O–H groups in total. The van der Waals surface area contributed by atoms with Crippen molar-refractivity contribution >= 4 is 23.2 Å². The first-order valence-corrected chi connectivity index (χ1v) is 9.55. The molecule has 1 aliphatic heterocycles. The third kappa shape index (κ3) is 4.74. The number of aromatic nitrogens is 2. The first-order valence-electron chi connectivity index (χ1n) is 9.55. The first kappa shape index (κ1) is 19.1. The molecule has 2 amide bonds. The highest BCUT2D eigenvalue weighted by molar-refractivity contribution is 6.04. The van der Waals surface area contributed by atoms with Gasteiger partial charge in [-0.25, -0.2) is 0 Å². The number of carbonyl (C=O) groups excluding carboxylic acids is 2. The fourth-order valence-electron chi connectivity index (χ4n) is 3.25. The summed E-state index contributed by atoms with van der Waals surface area (Å²) < 4.78 is 1.87. The van der Waals surface area contributed by atoms with Crippen molar-refractivity contribution in [2.45, 2.75) is 45.6 Å². The maximum Gasteiger partial charge on any atom is 0.276 e. The SMILES string of the molecule is CCCC(=O)Nc1cccc(NC(=O)c2ccn(C3CCCNC3)n2)c1C. The third-order valence-corrected chi connectivity index (χ3v) is 4.82. The first-order chi connectivity index (χ1) is 13.1. The minimum Gasteiger partial charge on any atom is -0.326 e. The Morgan fingerprint density at radius 1 is 1.26 bits per heavy atom. The fourth-order valence-corrected chi connectivity index (χ4v) is 3.25. The lowest BCUT2D eigenvalue weighted by Gasteiger charge is -2.22. The van der Waals surface area contributed by atoms with Gasteiger partial charge < -0.3 is 16.0 Å². The summed E-state index contributed by atoms with van der Waals surface area (Å²) in [6, 6.07) is 7.51. The van der Waals surface area contributed by atoms with Crippen molar-refractivity contribution in [1.29, 1.82) is 0 Å². The normalized spacial score (nSPS) is 16.7. The number of hydrogen-bond acceptors (Lipinski definition) is 4. The van der Waals surface area contributed by atoms with Gasteiger partial charge in [-0.15, -0.1) is 0 Å². The van der Waals surface area contributed by atoms with Gasteiger partial charge in [-0.1, -0.05) is 13.0 Å². The zero-order valence-corrected chi connectivity index (χ0v) is 15.9. The predicted octanol–water partition coefficient (Wildman–Crippen LogP) is 3.11. The summed E-state index contributed by atoms with van der Waals surface area (Å²) >= 11 is 0. The average Bonchev–Trinajstić information content (AvgIpc) is 3.16. The Morgan fingerprint density at radius 3 is 2.74 bits per heavy atom. The zero-order chi connectivity index (χ0) is 19.2. The number of nitrogens with zero attached hydrogens (tertiary/aromatic N) is 2. The van der Waals surface area contributed by atoms with E-state index in [0.717, 1.165) is 37.9 Å². The predicted molar refractivity (Wildman–Crippen MR) is 106 cm³/mol. The lowest BCUT2D eigenvalue weighted by atomic mass is 10.1. The Kier molecular flexibility index (Phi) is 6.24. The molecule has 2 aromatic rings. The molecular formula is C20H27N5O2. The van der Waals surface area contributed by atoms with Gasteiger partial charge in [0, 0.05) is 30.5 Å². The van der Waals surface area contributed by atoms with Gasteiger partial charge in [0.15, 0.2) is 5.69 Å². The molecule has 1 atom stereocenters. The second kappa shape index (κ2) is 8.81. The number of hydrogen-bond donors (Lipinski definition) is 3. The van der Waals surface area contributed by atoms with E-state index >= 15 is 0 Å². The quantitative estimate of drug-likeness (QED) is 0.730. The molecule has 1 saturated heterocycles. The van der Waals surface area contributed by atoms with Gasteiger partial charge in [0.1, 0.15) is 0 Å². The van der Waals surface area contributed by atoms with Crippen LogP contribution in [0.3, 0.4) is 0 Å². The molecule has 1 unspecified atom stereocenters. The van der Waals surface area contributed by atoms with Gasteiger partial charge in [-0.05, 0) is 56.5 Å². The number of anilines is 2. The van der Waals surface area contributed by atoms with Crippen LogP contribution in [0.25, 0.3) is 0 Å². The van der Waals surface area contributed by atoms with Crippen molar-refractivity contribution in [3.05, 3.63) is 41.7 Å². The molecule has 3 rings (SSSR count). The van der Waals surface area contributed by atoms with Crippen LogP contribution in [-0.2, 0) is 4.79 Å².